The molecule has 0 saturated heterocycles. The molecule has 1 aliphatic carbocycles. The highest BCUT2D eigenvalue weighted by atomic mass is 16.5. The zero-order valence-corrected chi connectivity index (χ0v) is 26.5. The number of hydrogen-bond acceptors (Lipinski definition) is 7. The molecule has 1 aliphatic rings. The zero-order valence-electron chi connectivity index (χ0n) is 26.5. The molecule has 0 bridgehead atoms. The Labute approximate surface area is 245 Å². The zero-order chi connectivity index (χ0) is 30.2. The van der Waals surface area contributed by atoms with E-state index in [4.69, 9.17) is 19.7 Å². The van der Waals surface area contributed by atoms with Gasteiger partial charge >= 0.3 is 0 Å². The third-order valence-electron chi connectivity index (χ3n) is 9.14. The summed E-state index contributed by atoms with van der Waals surface area (Å²) in [6.45, 7) is 20.7. The lowest BCUT2D eigenvalue weighted by atomic mass is 9.59. The molecule has 7 heteroatoms. The van der Waals surface area contributed by atoms with E-state index in [0.717, 1.165) is 22.4 Å². The van der Waals surface area contributed by atoms with Gasteiger partial charge in [-0.1, -0.05) is 67.5 Å². The molecule has 4 aromatic rings. The highest BCUT2D eigenvalue weighted by Gasteiger charge is 2.56. The summed E-state index contributed by atoms with van der Waals surface area (Å²) in [5.74, 6) is 2.40. The first-order valence-electron chi connectivity index (χ1n) is 14.5. The first kappa shape index (κ1) is 30.1. The van der Waals surface area contributed by atoms with Crippen LogP contribution in [0.3, 0.4) is 0 Å². The van der Waals surface area contributed by atoms with E-state index in [0.29, 0.717) is 30.0 Å². The van der Waals surface area contributed by atoms with Gasteiger partial charge in [-0.3, -0.25) is 9.97 Å². The highest BCUT2D eigenvalue weighted by Crippen LogP contribution is 2.61. The highest BCUT2D eigenvalue weighted by molar-refractivity contribution is 5.73. The fraction of sp³-hybridized carbons (Fsp3) is 0.441. The molecule has 5 rings (SSSR count). The van der Waals surface area contributed by atoms with Crippen LogP contribution in [0.15, 0.2) is 55.0 Å². The van der Waals surface area contributed by atoms with Crippen LogP contribution in [0.25, 0.3) is 34.0 Å². The second kappa shape index (κ2) is 11.2. The van der Waals surface area contributed by atoms with Gasteiger partial charge in [-0.25, -0.2) is 4.98 Å². The Bertz CT molecular complexity index is 1530. The Morgan fingerprint density at radius 1 is 0.732 bits per heavy atom. The topological polar surface area (TPSA) is 76.9 Å². The first-order valence-corrected chi connectivity index (χ1v) is 14.5. The number of aromatic nitrogens is 5. The van der Waals surface area contributed by atoms with Gasteiger partial charge in [-0.2, -0.15) is 9.97 Å². The van der Waals surface area contributed by atoms with Gasteiger partial charge in [0.25, 0.3) is 0 Å². The molecule has 7 nitrogen and oxygen atoms in total. The van der Waals surface area contributed by atoms with Crippen molar-refractivity contribution in [2.45, 2.75) is 73.1 Å². The number of fused-ring (bicyclic) bond motifs is 1. The minimum absolute atomic E-state index is 0.00434. The van der Waals surface area contributed by atoms with Crippen molar-refractivity contribution < 1.29 is 4.74 Å². The second-order valence-electron chi connectivity index (χ2n) is 12.1. The monoisotopic (exact) mass is 552 g/mol. The van der Waals surface area contributed by atoms with Crippen LogP contribution >= 0.6 is 0 Å². The molecule has 216 valence electrons. The summed E-state index contributed by atoms with van der Waals surface area (Å²) in [6, 6.07) is 12.5. The van der Waals surface area contributed by atoms with Gasteiger partial charge in [0, 0.05) is 49.4 Å². The van der Waals surface area contributed by atoms with E-state index < -0.39 is 0 Å². The molecule has 0 spiro atoms. The van der Waals surface area contributed by atoms with Crippen molar-refractivity contribution in [1.29, 1.82) is 0 Å². The van der Waals surface area contributed by atoms with Crippen LogP contribution in [0.4, 0.5) is 5.95 Å². The van der Waals surface area contributed by atoms with E-state index in [1.807, 2.05) is 64.2 Å². The van der Waals surface area contributed by atoms with Crippen LogP contribution in [0, 0.1) is 5.41 Å². The molecular weight excluding hydrogens is 508 g/mol. The average molecular weight is 553 g/mol. The molecule has 3 heterocycles. The van der Waals surface area contributed by atoms with Crippen molar-refractivity contribution in [2.24, 2.45) is 5.41 Å². The molecule has 0 radical (unpaired) electrons. The van der Waals surface area contributed by atoms with Crippen molar-refractivity contribution in [3.05, 3.63) is 66.1 Å². The largest absolute Gasteiger partial charge is 0.492 e. The predicted octanol–water partition coefficient (Wildman–Crippen LogP) is 7.75. The molecule has 0 fully saturated rings. The van der Waals surface area contributed by atoms with Crippen molar-refractivity contribution in [1.82, 2.24) is 24.9 Å². The van der Waals surface area contributed by atoms with Gasteiger partial charge < -0.3 is 9.64 Å². The third kappa shape index (κ3) is 5.07. The van der Waals surface area contributed by atoms with Crippen LogP contribution < -0.4 is 9.64 Å². The number of benzene rings is 1. The number of hydrogen-bond donors (Lipinski definition) is 0. The smallest absolute Gasteiger partial charge is 0.228 e. The molecule has 0 atom stereocenters. The molecule has 0 N–H and O–H groups in total. The Kier molecular flexibility index (Phi) is 8.21. The summed E-state index contributed by atoms with van der Waals surface area (Å²) in [5.41, 5.74) is 6.44. The predicted molar refractivity (Wildman–Crippen MR) is 168 cm³/mol. The van der Waals surface area contributed by atoms with E-state index in [1.165, 1.54) is 11.1 Å². The summed E-state index contributed by atoms with van der Waals surface area (Å²) in [7, 11) is 3.83. The maximum atomic E-state index is 6.15. The molecule has 0 amide bonds. The Balaban J connectivity index is 0.00000189. The standard InChI is InChI=1S/C32H38N6O.C2H6/c1-10-39-25-18-22(28-35-27(20-13-15-33-16-14-20)36-29(37-28)38(8)9)19-34-26(25)21-11-12-23-24(17-21)31(4,5)32(6,7)30(23,2)3;1-2/h11-19H,10H2,1-9H3;1-2H3. The lowest BCUT2D eigenvalue weighted by Crippen LogP contribution is -2.42. The van der Waals surface area contributed by atoms with Gasteiger partial charge in [0.15, 0.2) is 11.6 Å². The summed E-state index contributed by atoms with van der Waals surface area (Å²) in [4.78, 5) is 25.1. The maximum Gasteiger partial charge on any atom is 0.228 e. The molecule has 0 unspecified atom stereocenters. The number of anilines is 1. The SMILES string of the molecule is CC.CCOc1cc(-c2nc(-c3ccncc3)nc(N(C)C)n2)cnc1-c1ccc2c(c1)C(C)(C)C(C)(C)C2(C)C. The minimum atomic E-state index is 0.00434. The van der Waals surface area contributed by atoms with Gasteiger partial charge in [-0.05, 0) is 58.6 Å². The molecule has 3 aromatic heterocycles. The van der Waals surface area contributed by atoms with Gasteiger partial charge in [0.2, 0.25) is 5.95 Å². The molecule has 41 heavy (non-hydrogen) atoms. The molecular formula is C34H44N6O. The fourth-order valence-electron chi connectivity index (χ4n) is 5.58. The Morgan fingerprint density at radius 3 is 1.95 bits per heavy atom. The number of rotatable bonds is 6. The fourth-order valence-corrected chi connectivity index (χ4v) is 5.58. The quantitative estimate of drug-likeness (QED) is 0.242. The van der Waals surface area contributed by atoms with E-state index in [9.17, 15) is 0 Å². The van der Waals surface area contributed by atoms with E-state index >= 15 is 0 Å². The van der Waals surface area contributed by atoms with Crippen LogP contribution in [-0.2, 0) is 10.8 Å². The molecule has 0 aliphatic heterocycles. The summed E-state index contributed by atoms with van der Waals surface area (Å²) >= 11 is 0. The normalized spacial score (nSPS) is 15.9. The van der Waals surface area contributed by atoms with Gasteiger partial charge in [0.1, 0.15) is 11.4 Å². The van der Waals surface area contributed by atoms with Crippen LogP contribution in [-0.4, -0.2) is 45.6 Å². The first-order chi connectivity index (χ1) is 19.4. The Morgan fingerprint density at radius 2 is 1.34 bits per heavy atom. The number of ether oxygens (including phenoxy) is 1. The van der Waals surface area contributed by atoms with Gasteiger partial charge in [-0.15, -0.1) is 0 Å². The second-order valence-corrected chi connectivity index (χ2v) is 12.1. The minimum Gasteiger partial charge on any atom is -0.492 e. The van der Waals surface area contributed by atoms with Crippen molar-refractivity contribution in [2.75, 3.05) is 25.6 Å². The third-order valence-corrected chi connectivity index (χ3v) is 9.14. The number of nitrogens with zero attached hydrogens (tertiary/aromatic N) is 6. The summed E-state index contributed by atoms with van der Waals surface area (Å²) in [6.07, 6.45) is 5.30. The van der Waals surface area contributed by atoms with Crippen molar-refractivity contribution in [3.8, 4) is 39.8 Å². The number of pyridine rings is 2. The van der Waals surface area contributed by atoms with Crippen molar-refractivity contribution >= 4 is 5.95 Å². The van der Waals surface area contributed by atoms with Crippen LogP contribution in [0.1, 0.15) is 73.4 Å². The van der Waals surface area contributed by atoms with Gasteiger partial charge in [0.05, 0.1) is 6.61 Å². The summed E-state index contributed by atoms with van der Waals surface area (Å²) < 4.78 is 6.15. The van der Waals surface area contributed by atoms with Crippen LogP contribution in [0.2, 0.25) is 0 Å². The molecule has 1 aromatic carbocycles. The maximum absolute atomic E-state index is 6.15. The summed E-state index contributed by atoms with van der Waals surface area (Å²) in [5, 5.41) is 0. The van der Waals surface area contributed by atoms with Crippen LogP contribution in [0.5, 0.6) is 5.75 Å². The van der Waals surface area contributed by atoms with E-state index in [-0.39, 0.29) is 16.2 Å². The lowest BCUT2D eigenvalue weighted by Gasteiger charge is -2.44. The molecule has 0 saturated carbocycles. The van der Waals surface area contributed by atoms with Crippen molar-refractivity contribution in [3.63, 3.8) is 0 Å². The van der Waals surface area contributed by atoms with E-state index in [1.54, 1.807) is 12.4 Å². The van der Waals surface area contributed by atoms with E-state index in [2.05, 4.69) is 69.7 Å². The lowest BCUT2D eigenvalue weighted by molar-refractivity contribution is 0.125. The average Bonchev–Trinajstić information content (AvgIpc) is 3.08. The Hall–Kier alpha value is -3.87.